The van der Waals surface area contributed by atoms with Crippen LogP contribution in [-0.4, -0.2) is 72.7 Å². The standard InChI is InChI=1S/C17H25N3O5S/c1-12(2)15(17(22)23)19(4)16(21)13-10-20(11-13)26(24,25)14-8-6-5-7-9-18(14)3/h5-9,12-13,15H,10-11H2,1-4H3,(H,22,23)/t15-/m0/s1. The molecule has 0 aromatic heterocycles. The maximum Gasteiger partial charge on any atom is 0.326 e. The van der Waals surface area contributed by atoms with E-state index < -0.39 is 28.0 Å². The molecule has 144 valence electrons. The Morgan fingerprint density at radius 3 is 2.38 bits per heavy atom. The first kappa shape index (κ1) is 20.2. The van der Waals surface area contributed by atoms with Gasteiger partial charge in [-0.3, -0.25) is 4.79 Å². The molecule has 0 saturated carbocycles. The zero-order valence-electron chi connectivity index (χ0n) is 15.4. The van der Waals surface area contributed by atoms with Crippen LogP contribution in [0, 0.1) is 11.8 Å². The molecule has 0 aromatic carbocycles. The summed E-state index contributed by atoms with van der Waals surface area (Å²) >= 11 is 0. The van der Waals surface area contributed by atoms with E-state index in [9.17, 15) is 23.1 Å². The lowest BCUT2D eigenvalue weighted by atomic mass is 9.97. The summed E-state index contributed by atoms with van der Waals surface area (Å²) in [4.78, 5) is 26.6. The summed E-state index contributed by atoms with van der Waals surface area (Å²) in [6.07, 6.45) is 8.25. The first-order chi connectivity index (χ1) is 12.1. The first-order valence-corrected chi connectivity index (χ1v) is 9.79. The van der Waals surface area contributed by atoms with Gasteiger partial charge in [0.25, 0.3) is 10.0 Å². The zero-order valence-corrected chi connectivity index (χ0v) is 16.2. The van der Waals surface area contributed by atoms with Crippen molar-refractivity contribution in [2.75, 3.05) is 27.2 Å². The number of carboxylic acids is 1. The van der Waals surface area contributed by atoms with Crippen molar-refractivity contribution in [3.63, 3.8) is 0 Å². The van der Waals surface area contributed by atoms with Crippen molar-refractivity contribution >= 4 is 21.9 Å². The van der Waals surface area contributed by atoms with Crippen LogP contribution in [0.15, 0.2) is 35.5 Å². The summed E-state index contributed by atoms with van der Waals surface area (Å²) in [5.41, 5.74) is 0. The molecule has 2 aliphatic heterocycles. The number of aliphatic carboxylic acids is 1. The first-order valence-electron chi connectivity index (χ1n) is 8.35. The minimum Gasteiger partial charge on any atom is -0.480 e. The van der Waals surface area contributed by atoms with Crippen molar-refractivity contribution in [1.82, 2.24) is 14.1 Å². The number of rotatable bonds is 6. The highest BCUT2D eigenvalue weighted by Crippen LogP contribution is 2.28. The van der Waals surface area contributed by atoms with Gasteiger partial charge >= 0.3 is 5.97 Å². The average molecular weight is 383 g/mol. The molecule has 9 heteroatoms. The van der Waals surface area contributed by atoms with Gasteiger partial charge in [0.05, 0.1) is 5.92 Å². The van der Waals surface area contributed by atoms with Crippen molar-refractivity contribution in [1.29, 1.82) is 0 Å². The SMILES string of the molecule is CC(C)[C@@H](C(=O)O)N(C)C(=O)C1CN(S(=O)(=O)C2=CC=CC=CN2C)C1. The van der Waals surface area contributed by atoms with Crippen LogP contribution in [0.1, 0.15) is 13.8 Å². The molecule has 0 aliphatic carbocycles. The van der Waals surface area contributed by atoms with E-state index in [-0.39, 0.29) is 29.9 Å². The van der Waals surface area contributed by atoms with E-state index in [1.165, 1.54) is 27.2 Å². The third-order valence-electron chi connectivity index (χ3n) is 4.57. The molecule has 0 spiro atoms. The van der Waals surface area contributed by atoms with Crippen LogP contribution in [-0.2, 0) is 19.6 Å². The Hall–Kier alpha value is -2.13. The lowest BCUT2D eigenvalue weighted by Gasteiger charge is -2.41. The van der Waals surface area contributed by atoms with Gasteiger partial charge in [0.1, 0.15) is 11.1 Å². The molecular weight excluding hydrogens is 358 g/mol. The molecule has 8 nitrogen and oxygen atoms in total. The second kappa shape index (κ2) is 7.63. The van der Waals surface area contributed by atoms with Gasteiger partial charge in [-0.1, -0.05) is 26.0 Å². The highest BCUT2D eigenvalue weighted by molar-refractivity contribution is 7.93. The van der Waals surface area contributed by atoms with Crippen LogP contribution in [0.25, 0.3) is 0 Å². The largest absolute Gasteiger partial charge is 0.480 e. The zero-order chi connectivity index (χ0) is 19.6. The Labute approximate surface area is 154 Å². The molecule has 0 radical (unpaired) electrons. The van der Waals surface area contributed by atoms with E-state index >= 15 is 0 Å². The molecule has 1 N–H and O–H groups in total. The molecule has 1 amide bonds. The summed E-state index contributed by atoms with van der Waals surface area (Å²) in [6.45, 7) is 3.56. The fourth-order valence-electron chi connectivity index (χ4n) is 3.09. The number of nitrogens with zero attached hydrogens (tertiary/aromatic N) is 3. The molecule has 1 atom stereocenters. The Kier molecular flexibility index (Phi) is 5.92. The van der Waals surface area contributed by atoms with Crippen molar-refractivity contribution in [2.45, 2.75) is 19.9 Å². The molecule has 0 aromatic rings. The summed E-state index contributed by atoms with van der Waals surface area (Å²) in [5.74, 6) is -2.19. The van der Waals surface area contributed by atoms with E-state index in [4.69, 9.17) is 0 Å². The smallest absolute Gasteiger partial charge is 0.326 e. The average Bonchev–Trinajstić information content (AvgIpc) is 2.69. The molecular formula is C17H25N3O5S. The van der Waals surface area contributed by atoms with E-state index in [0.29, 0.717) is 0 Å². The molecule has 2 rings (SSSR count). The molecule has 26 heavy (non-hydrogen) atoms. The van der Waals surface area contributed by atoms with Crippen molar-refractivity contribution < 1.29 is 23.1 Å². The fraction of sp³-hybridized carbons (Fsp3) is 0.529. The second-order valence-electron chi connectivity index (χ2n) is 6.84. The van der Waals surface area contributed by atoms with Gasteiger partial charge in [0.15, 0.2) is 0 Å². The van der Waals surface area contributed by atoms with E-state index in [2.05, 4.69) is 0 Å². The monoisotopic (exact) mass is 383 g/mol. The van der Waals surface area contributed by atoms with E-state index in [1.54, 1.807) is 45.3 Å². The van der Waals surface area contributed by atoms with Crippen LogP contribution in [0.2, 0.25) is 0 Å². The topological polar surface area (TPSA) is 98.2 Å². The van der Waals surface area contributed by atoms with Crippen molar-refractivity contribution in [3.05, 3.63) is 35.5 Å². The number of hydrogen-bond donors (Lipinski definition) is 1. The second-order valence-corrected chi connectivity index (χ2v) is 8.72. The summed E-state index contributed by atoms with van der Waals surface area (Å²) in [6, 6.07) is -0.931. The van der Waals surface area contributed by atoms with E-state index in [0.717, 1.165) is 0 Å². The van der Waals surface area contributed by atoms with Gasteiger partial charge < -0.3 is 14.9 Å². The molecule has 2 heterocycles. The summed E-state index contributed by atoms with van der Waals surface area (Å²) in [7, 11) is -0.616. The number of likely N-dealkylation sites (N-methyl/N-ethyl adjacent to an activating group) is 1. The van der Waals surface area contributed by atoms with Gasteiger partial charge in [-0.05, 0) is 18.1 Å². The van der Waals surface area contributed by atoms with Crippen molar-refractivity contribution in [3.8, 4) is 0 Å². The maximum absolute atomic E-state index is 12.7. The molecule has 2 aliphatic rings. The minimum atomic E-state index is -3.71. The van der Waals surface area contributed by atoms with Gasteiger partial charge in [-0.2, -0.15) is 4.31 Å². The van der Waals surface area contributed by atoms with Gasteiger partial charge in [-0.15, -0.1) is 0 Å². The van der Waals surface area contributed by atoms with Gasteiger partial charge in [0, 0.05) is 33.4 Å². The number of hydrogen-bond acceptors (Lipinski definition) is 5. The number of allylic oxidation sites excluding steroid dienone is 4. The fourth-order valence-corrected chi connectivity index (χ4v) is 4.78. The van der Waals surface area contributed by atoms with Crippen LogP contribution >= 0.6 is 0 Å². The Balaban J connectivity index is 2.07. The normalized spacial score (nSPS) is 19.7. The third-order valence-corrected chi connectivity index (χ3v) is 6.50. The minimum absolute atomic E-state index is 0.0501. The van der Waals surface area contributed by atoms with Crippen LogP contribution in [0.5, 0.6) is 0 Å². The van der Waals surface area contributed by atoms with Crippen LogP contribution in [0.4, 0.5) is 0 Å². The molecule has 0 bridgehead atoms. The number of carbonyl (C=O) groups excluding carboxylic acids is 1. The number of carbonyl (C=O) groups is 2. The highest BCUT2D eigenvalue weighted by Gasteiger charge is 2.44. The molecule has 1 saturated heterocycles. The number of carboxylic acid groups (broad SMARTS) is 1. The van der Waals surface area contributed by atoms with Crippen molar-refractivity contribution in [2.24, 2.45) is 11.8 Å². The maximum atomic E-state index is 12.7. The van der Waals surface area contributed by atoms with E-state index in [1.807, 2.05) is 0 Å². The van der Waals surface area contributed by atoms with Gasteiger partial charge in [-0.25, -0.2) is 13.2 Å². The Morgan fingerprint density at radius 2 is 1.85 bits per heavy atom. The van der Waals surface area contributed by atoms with Crippen LogP contribution < -0.4 is 0 Å². The Bertz CT molecular complexity index is 763. The molecule has 1 fully saturated rings. The summed E-state index contributed by atoms with van der Waals surface area (Å²) < 4.78 is 26.7. The number of sulfonamides is 1. The summed E-state index contributed by atoms with van der Waals surface area (Å²) in [5, 5.41) is 9.45. The third kappa shape index (κ3) is 3.83. The lowest BCUT2D eigenvalue weighted by Crippen LogP contribution is -2.59. The molecule has 0 unspecified atom stereocenters. The highest BCUT2D eigenvalue weighted by atomic mass is 32.2. The number of amides is 1. The predicted molar refractivity (Wildman–Crippen MR) is 97.1 cm³/mol. The van der Waals surface area contributed by atoms with Gasteiger partial charge in [0.2, 0.25) is 5.91 Å². The van der Waals surface area contributed by atoms with Crippen LogP contribution in [0.3, 0.4) is 0 Å². The lowest BCUT2D eigenvalue weighted by molar-refractivity contribution is -0.154. The predicted octanol–water partition coefficient (Wildman–Crippen LogP) is 0.672. The quantitative estimate of drug-likeness (QED) is 0.724. The Morgan fingerprint density at radius 1 is 1.23 bits per heavy atom.